The molecule has 5 aromatic rings. The first-order valence-corrected chi connectivity index (χ1v) is 14.1. The van der Waals surface area contributed by atoms with Gasteiger partial charge >= 0.3 is 0 Å². The van der Waals surface area contributed by atoms with Crippen molar-refractivity contribution in [1.82, 2.24) is 19.5 Å². The predicted octanol–water partition coefficient (Wildman–Crippen LogP) is 6.68. The van der Waals surface area contributed by atoms with Gasteiger partial charge in [0.05, 0.1) is 11.3 Å². The Kier molecular flexibility index (Phi) is 11.5. The summed E-state index contributed by atoms with van der Waals surface area (Å²) in [6.07, 6.45) is 6.93. The summed E-state index contributed by atoms with van der Waals surface area (Å²) < 4.78 is 2.08. The number of imidazole rings is 1. The van der Waals surface area contributed by atoms with Crippen LogP contribution in [0, 0.1) is 0 Å². The van der Waals surface area contributed by atoms with Gasteiger partial charge in [0.25, 0.3) is 0 Å². The molecule has 0 spiro atoms. The van der Waals surface area contributed by atoms with Gasteiger partial charge < -0.3 is 22.1 Å². The molecule has 1 aliphatic carbocycles. The van der Waals surface area contributed by atoms with Gasteiger partial charge in [-0.15, -0.1) is 49.6 Å². The molecule has 1 aliphatic heterocycles. The van der Waals surface area contributed by atoms with Crippen molar-refractivity contribution >= 4 is 72.3 Å². The Hall–Kier alpha value is -3.11. The molecule has 1 saturated heterocycles. The summed E-state index contributed by atoms with van der Waals surface area (Å²) in [5.74, 6) is 1.14. The number of nitrogens with zero attached hydrogens (tertiary/aromatic N) is 5. The minimum Gasteiger partial charge on any atom is -0.383 e. The quantitative estimate of drug-likeness (QED) is 0.190. The minimum absolute atomic E-state index is 0. The highest BCUT2D eigenvalue weighted by molar-refractivity contribution is 5.86. The number of halogens is 4. The lowest BCUT2D eigenvalue weighted by Crippen LogP contribution is -2.43. The first-order valence-electron chi connectivity index (χ1n) is 14.1. The van der Waals surface area contributed by atoms with Crippen molar-refractivity contribution in [3.63, 3.8) is 0 Å². The number of hydrogen-bond acceptors (Lipinski definition) is 7. The fourth-order valence-corrected chi connectivity index (χ4v) is 5.96. The maximum absolute atomic E-state index is 6.62. The molecule has 8 nitrogen and oxygen atoms in total. The van der Waals surface area contributed by atoms with Crippen LogP contribution in [-0.4, -0.2) is 38.7 Å². The van der Waals surface area contributed by atoms with Crippen molar-refractivity contribution < 1.29 is 0 Å². The maximum atomic E-state index is 6.62. The number of rotatable bonds is 5. The highest BCUT2D eigenvalue weighted by atomic mass is 35.5. The van der Waals surface area contributed by atoms with E-state index >= 15 is 0 Å². The van der Waals surface area contributed by atoms with Gasteiger partial charge in [-0.3, -0.25) is 4.57 Å². The van der Waals surface area contributed by atoms with E-state index in [-0.39, 0.29) is 55.2 Å². The van der Waals surface area contributed by atoms with Gasteiger partial charge in [-0.05, 0) is 86.2 Å². The third-order valence-electron chi connectivity index (χ3n) is 8.58. The van der Waals surface area contributed by atoms with Gasteiger partial charge in [0.2, 0.25) is 0 Å². The zero-order valence-corrected chi connectivity index (χ0v) is 27.4. The first kappa shape index (κ1) is 35.4. The fraction of sp³-hybridized carbons (Fsp3) is 0.281. The summed E-state index contributed by atoms with van der Waals surface area (Å²) in [5.41, 5.74) is 26.5. The third kappa shape index (κ3) is 6.47. The zero-order valence-electron chi connectivity index (χ0n) is 24.1. The molecule has 0 bridgehead atoms. The number of aromatic nitrogens is 4. The van der Waals surface area contributed by atoms with Crippen LogP contribution in [0.5, 0.6) is 0 Å². The van der Waals surface area contributed by atoms with Crippen LogP contribution in [0.15, 0.2) is 79.0 Å². The van der Waals surface area contributed by atoms with E-state index < -0.39 is 0 Å². The van der Waals surface area contributed by atoms with E-state index in [1.165, 1.54) is 17.7 Å². The summed E-state index contributed by atoms with van der Waals surface area (Å²) in [4.78, 5) is 16.9. The molecule has 2 fully saturated rings. The SMILES string of the molecule is Cl.Cl.Cl.Cl.Nc1ncccc1-c1nc2ccc(-c3cccc(N4CCC(N)CC4)c3)nc2n1-c1ccc(C2(N)CCC2)cc1. The van der Waals surface area contributed by atoms with Gasteiger partial charge in [0.15, 0.2) is 11.5 Å². The van der Waals surface area contributed by atoms with Gasteiger partial charge in [-0.2, -0.15) is 0 Å². The molecule has 1 saturated carbocycles. The highest BCUT2D eigenvalue weighted by Gasteiger charge is 2.34. The van der Waals surface area contributed by atoms with Crippen molar-refractivity contribution in [3.8, 4) is 28.3 Å². The number of hydrogen-bond donors (Lipinski definition) is 3. The van der Waals surface area contributed by atoms with Crippen LogP contribution in [0.2, 0.25) is 0 Å². The second-order valence-electron chi connectivity index (χ2n) is 11.2. The van der Waals surface area contributed by atoms with Gasteiger partial charge in [0, 0.05) is 47.8 Å². The molecule has 44 heavy (non-hydrogen) atoms. The summed E-state index contributed by atoms with van der Waals surface area (Å²) >= 11 is 0. The Morgan fingerprint density at radius 2 is 1.52 bits per heavy atom. The van der Waals surface area contributed by atoms with Crippen LogP contribution in [0.25, 0.3) is 39.5 Å². The smallest absolute Gasteiger partial charge is 0.165 e. The molecule has 0 radical (unpaired) electrons. The van der Waals surface area contributed by atoms with Crippen LogP contribution >= 0.6 is 49.6 Å². The number of anilines is 2. The molecule has 4 heterocycles. The van der Waals surface area contributed by atoms with Crippen molar-refractivity contribution in [2.75, 3.05) is 23.7 Å². The molecule has 12 heteroatoms. The van der Waals surface area contributed by atoms with E-state index in [1.807, 2.05) is 24.3 Å². The number of nitrogen functional groups attached to an aromatic ring is 1. The normalized spacial score (nSPS) is 15.6. The van der Waals surface area contributed by atoms with E-state index in [2.05, 4.69) is 63.0 Å². The molecule has 0 amide bonds. The molecule has 6 N–H and O–H groups in total. The van der Waals surface area contributed by atoms with Gasteiger partial charge in [-0.1, -0.05) is 24.3 Å². The second kappa shape index (κ2) is 14.3. The van der Waals surface area contributed by atoms with E-state index in [9.17, 15) is 0 Å². The molecule has 7 rings (SSSR count). The number of nitrogens with two attached hydrogens (primary N) is 3. The van der Waals surface area contributed by atoms with E-state index in [1.54, 1.807) is 6.20 Å². The molecule has 0 unspecified atom stereocenters. The molecule has 234 valence electrons. The Labute approximate surface area is 282 Å². The van der Waals surface area contributed by atoms with E-state index in [0.717, 1.165) is 72.4 Å². The molecule has 3 aromatic heterocycles. The highest BCUT2D eigenvalue weighted by Crippen LogP contribution is 2.39. The number of benzene rings is 2. The summed E-state index contributed by atoms with van der Waals surface area (Å²) in [7, 11) is 0. The van der Waals surface area contributed by atoms with E-state index in [0.29, 0.717) is 17.7 Å². The van der Waals surface area contributed by atoms with Crippen molar-refractivity contribution in [2.45, 2.75) is 43.7 Å². The lowest BCUT2D eigenvalue weighted by Gasteiger charge is -2.38. The Morgan fingerprint density at radius 1 is 0.795 bits per heavy atom. The molecular weight excluding hydrogens is 638 g/mol. The zero-order chi connectivity index (χ0) is 27.3. The predicted molar refractivity (Wildman–Crippen MR) is 190 cm³/mol. The second-order valence-corrected chi connectivity index (χ2v) is 11.2. The number of pyridine rings is 2. The fourth-order valence-electron chi connectivity index (χ4n) is 5.96. The topological polar surface area (TPSA) is 125 Å². The molecule has 0 atom stereocenters. The van der Waals surface area contributed by atoms with Crippen molar-refractivity contribution in [1.29, 1.82) is 0 Å². The Bertz CT molecular complexity index is 1700. The van der Waals surface area contributed by atoms with Crippen molar-refractivity contribution in [3.05, 3.63) is 84.6 Å². The standard InChI is InChI=1S/C32H34N8.4ClH/c33-23-13-18-39(19-14-23)25-5-1-4-21(20-25)27-11-12-28-31(37-27)40(30(38-28)26-6-2-17-36-29(26)34)24-9-7-22(8-10-24)32(35)15-3-16-32;;;;/h1-2,4-12,17,20,23H,3,13-16,18-19,33,35H2,(H2,34,36);4*1H. The number of piperidine rings is 1. The average Bonchev–Trinajstić information content (AvgIpc) is 3.35. The molecule has 2 aliphatic rings. The van der Waals surface area contributed by atoms with E-state index in [4.69, 9.17) is 27.2 Å². The first-order chi connectivity index (χ1) is 19.5. The monoisotopic (exact) mass is 674 g/mol. The lowest BCUT2D eigenvalue weighted by atomic mass is 9.73. The average molecular weight is 677 g/mol. The summed E-state index contributed by atoms with van der Waals surface area (Å²) in [6, 6.07) is 25.3. The lowest BCUT2D eigenvalue weighted by molar-refractivity contribution is 0.253. The summed E-state index contributed by atoms with van der Waals surface area (Å²) in [5, 5.41) is 0. The van der Waals surface area contributed by atoms with Crippen LogP contribution in [0.4, 0.5) is 11.5 Å². The minimum atomic E-state index is -0.220. The van der Waals surface area contributed by atoms with Crippen LogP contribution in [-0.2, 0) is 5.54 Å². The van der Waals surface area contributed by atoms with Crippen LogP contribution < -0.4 is 22.1 Å². The van der Waals surface area contributed by atoms with Crippen LogP contribution in [0.3, 0.4) is 0 Å². The third-order valence-corrected chi connectivity index (χ3v) is 8.58. The largest absolute Gasteiger partial charge is 0.383 e. The molecular formula is C32H38Cl4N8. The maximum Gasteiger partial charge on any atom is 0.165 e. The van der Waals surface area contributed by atoms with Crippen LogP contribution in [0.1, 0.15) is 37.7 Å². The van der Waals surface area contributed by atoms with Gasteiger partial charge in [0.1, 0.15) is 11.3 Å². The Balaban J connectivity index is 0.00000132. The molecule has 2 aromatic carbocycles. The van der Waals surface area contributed by atoms with Crippen molar-refractivity contribution in [2.24, 2.45) is 11.5 Å². The number of fused-ring (bicyclic) bond motifs is 1. The Morgan fingerprint density at radius 3 is 2.18 bits per heavy atom. The summed E-state index contributed by atoms with van der Waals surface area (Å²) in [6.45, 7) is 1.94. The van der Waals surface area contributed by atoms with Gasteiger partial charge in [-0.25, -0.2) is 15.0 Å².